The third kappa shape index (κ3) is 3.22. The summed E-state index contributed by atoms with van der Waals surface area (Å²) in [6.45, 7) is 0.368. The first kappa shape index (κ1) is 17.4. The van der Waals surface area contributed by atoms with E-state index < -0.39 is 0 Å². The van der Waals surface area contributed by atoms with Crippen molar-refractivity contribution in [1.82, 2.24) is 14.9 Å². The molecule has 1 amide bonds. The van der Waals surface area contributed by atoms with E-state index >= 15 is 0 Å². The van der Waals surface area contributed by atoms with Gasteiger partial charge < -0.3 is 5.32 Å². The van der Waals surface area contributed by atoms with Gasteiger partial charge in [0.1, 0.15) is 0 Å². The van der Waals surface area contributed by atoms with E-state index in [1.807, 2.05) is 12.1 Å². The van der Waals surface area contributed by atoms with Crippen LogP contribution in [0.15, 0.2) is 33.8 Å². The summed E-state index contributed by atoms with van der Waals surface area (Å²) in [5, 5.41) is 3.96. The number of carbonyl (C=O) groups excluding carboxylic acids is 1. The highest BCUT2D eigenvalue weighted by atomic mass is 79.9. The fourth-order valence-corrected chi connectivity index (χ4v) is 6.50. The molecular formula is C21H24BrN3O2. The van der Waals surface area contributed by atoms with Crippen molar-refractivity contribution in [3.63, 3.8) is 0 Å². The highest BCUT2D eigenvalue weighted by Gasteiger charge is 2.51. The Morgan fingerprint density at radius 2 is 1.85 bits per heavy atom. The number of fused-ring (bicyclic) bond motifs is 1. The van der Waals surface area contributed by atoms with Crippen LogP contribution < -0.4 is 10.9 Å². The third-order valence-electron chi connectivity index (χ3n) is 6.81. The van der Waals surface area contributed by atoms with Gasteiger partial charge in [-0.25, -0.2) is 4.98 Å². The van der Waals surface area contributed by atoms with E-state index in [4.69, 9.17) is 0 Å². The van der Waals surface area contributed by atoms with Gasteiger partial charge in [-0.2, -0.15) is 0 Å². The van der Waals surface area contributed by atoms with Crippen LogP contribution in [0.3, 0.4) is 0 Å². The SMILES string of the molecule is O=C(CCn1cnc2ccc(Br)cc2c1=O)NC12CC3CC(CC(C3)C1)C2. The zero-order chi connectivity index (χ0) is 18.6. The maximum Gasteiger partial charge on any atom is 0.261 e. The molecule has 0 spiro atoms. The molecule has 2 aromatic rings. The van der Waals surface area contributed by atoms with Gasteiger partial charge in [0.25, 0.3) is 5.56 Å². The lowest BCUT2D eigenvalue weighted by molar-refractivity contribution is -0.127. The molecule has 5 nitrogen and oxygen atoms in total. The van der Waals surface area contributed by atoms with E-state index in [1.165, 1.54) is 19.3 Å². The predicted octanol–water partition coefficient (Wildman–Crippen LogP) is 3.63. The molecule has 4 fully saturated rings. The second-order valence-corrected chi connectivity index (χ2v) is 9.82. The standard InChI is InChI=1S/C21H24BrN3O2/c22-16-1-2-18-17(8-16)20(27)25(12-23-18)4-3-19(26)24-21-9-13-5-14(10-21)7-15(6-13)11-21/h1-2,8,12-15H,3-7,9-11H2,(H,24,26). The van der Waals surface area contributed by atoms with E-state index in [0.717, 1.165) is 41.5 Å². The first-order valence-corrected chi connectivity index (χ1v) is 10.7. The minimum absolute atomic E-state index is 0.0310. The molecule has 0 aliphatic heterocycles. The number of hydrogen-bond acceptors (Lipinski definition) is 3. The normalized spacial score (nSPS) is 31.4. The first-order chi connectivity index (χ1) is 13.0. The molecule has 6 rings (SSSR count). The highest BCUT2D eigenvalue weighted by Crippen LogP contribution is 2.55. The number of nitrogens with zero attached hydrogens (tertiary/aromatic N) is 2. The van der Waals surface area contributed by atoms with Crippen LogP contribution in [-0.2, 0) is 11.3 Å². The summed E-state index contributed by atoms with van der Waals surface area (Å²) in [5.41, 5.74) is 0.616. The summed E-state index contributed by atoms with van der Waals surface area (Å²) < 4.78 is 2.40. The summed E-state index contributed by atoms with van der Waals surface area (Å²) in [6.07, 6.45) is 9.41. The lowest BCUT2D eigenvalue weighted by atomic mass is 9.53. The van der Waals surface area contributed by atoms with Gasteiger partial charge in [0, 0.05) is 23.0 Å². The van der Waals surface area contributed by atoms with E-state index in [9.17, 15) is 9.59 Å². The van der Waals surface area contributed by atoms with Crippen molar-refractivity contribution in [3.05, 3.63) is 39.4 Å². The maximum atomic E-state index is 12.7. The molecule has 0 saturated heterocycles. The fourth-order valence-electron chi connectivity index (χ4n) is 6.13. The van der Waals surface area contributed by atoms with Crippen LogP contribution in [-0.4, -0.2) is 21.0 Å². The lowest BCUT2D eigenvalue weighted by Gasteiger charge is -2.56. The number of aryl methyl sites for hydroxylation is 1. The zero-order valence-corrected chi connectivity index (χ0v) is 16.9. The number of carbonyl (C=O) groups is 1. The molecule has 4 bridgehead atoms. The molecular weight excluding hydrogens is 406 g/mol. The molecule has 4 saturated carbocycles. The van der Waals surface area contributed by atoms with Gasteiger partial charge in [0.15, 0.2) is 0 Å². The molecule has 4 aliphatic rings. The molecule has 27 heavy (non-hydrogen) atoms. The molecule has 4 aliphatic carbocycles. The molecule has 1 heterocycles. The second-order valence-electron chi connectivity index (χ2n) is 8.90. The largest absolute Gasteiger partial charge is 0.351 e. The number of aromatic nitrogens is 2. The first-order valence-electron chi connectivity index (χ1n) is 9.95. The zero-order valence-electron chi connectivity index (χ0n) is 15.3. The Morgan fingerprint density at radius 1 is 1.19 bits per heavy atom. The van der Waals surface area contributed by atoms with Crippen molar-refractivity contribution in [2.24, 2.45) is 17.8 Å². The Labute approximate surface area is 166 Å². The van der Waals surface area contributed by atoms with Crippen molar-refractivity contribution in [2.75, 3.05) is 0 Å². The van der Waals surface area contributed by atoms with Crippen molar-refractivity contribution < 1.29 is 4.79 Å². The quantitative estimate of drug-likeness (QED) is 0.806. The summed E-state index contributed by atoms with van der Waals surface area (Å²) in [4.78, 5) is 29.7. The van der Waals surface area contributed by atoms with Crippen molar-refractivity contribution >= 4 is 32.7 Å². The Balaban J connectivity index is 1.28. The summed E-state index contributed by atoms with van der Waals surface area (Å²) >= 11 is 3.40. The molecule has 0 radical (unpaired) electrons. The number of benzene rings is 1. The Kier molecular flexibility index (Phi) is 4.15. The molecule has 0 unspecified atom stereocenters. The van der Waals surface area contributed by atoms with Crippen molar-refractivity contribution in [1.29, 1.82) is 0 Å². The minimum Gasteiger partial charge on any atom is -0.351 e. The van der Waals surface area contributed by atoms with Gasteiger partial charge in [-0.05, 0) is 74.5 Å². The topological polar surface area (TPSA) is 64.0 Å². The van der Waals surface area contributed by atoms with Crippen molar-refractivity contribution in [3.8, 4) is 0 Å². The number of halogens is 1. The third-order valence-corrected chi connectivity index (χ3v) is 7.30. The Hall–Kier alpha value is -1.69. The average molecular weight is 430 g/mol. The predicted molar refractivity (Wildman–Crippen MR) is 107 cm³/mol. The fraction of sp³-hybridized carbons (Fsp3) is 0.571. The van der Waals surface area contributed by atoms with Gasteiger partial charge >= 0.3 is 0 Å². The van der Waals surface area contributed by atoms with Crippen LogP contribution >= 0.6 is 15.9 Å². The number of rotatable bonds is 4. The van der Waals surface area contributed by atoms with Gasteiger partial charge in [0.05, 0.1) is 17.2 Å². The van der Waals surface area contributed by atoms with Crippen LogP contribution in [0.4, 0.5) is 0 Å². The van der Waals surface area contributed by atoms with Crippen LogP contribution in [0.5, 0.6) is 0 Å². The molecule has 6 heteroatoms. The van der Waals surface area contributed by atoms with Crippen LogP contribution in [0.1, 0.15) is 44.9 Å². The number of nitrogens with one attached hydrogen (secondary N) is 1. The number of hydrogen-bond donors (Lipinski definition) is 1. The molecule has 1 aromatic heterocycles. The Morgan fingerprint density at radius 3 is 2.52 bits per heavy atom. The Bertz CT molecular complexity index is 932. The maximum absolute atomic E-state index is 12.7. The van der Waals surface area contributed by atoms with Gasteiger partial charge in [-0.15, -0.1) is 0 Å². The number of amides is 1. The monoisotopic (exact) mass is 429 g/mol. The lowest BCUT2D eigenvalue weighted by Crippen LogP contribution is -2.59. The van der Waals surface area contributed by atoms with Gasteiger partial charge in [-0.3, -0.25) is 14.2 Å². The average Bonchev–Trinajstić information content (AvgIpc) is 2.60. The smallest absolute Gasteiger partial charge is 0.261 e. The van der Waals surface area contributed by atoms with Crippen molar-refractivity contribution in [2.45, 2.75) is 57.0 Å². The van der Waals surface area contributed by atoms with E-state index in [-0.39, 0.29) is 17.0 Å². The summed E-state index contributed by atoms with van der Waals surface area (Å²) in [5.74, 6) is 2.49. The molecule has 1 N–H and O–H groups in total. The van der Waals surface area contributed by atoms with E-state index in [2.05, 4.69) is 26.2 Å². The van der Waals surface area contributed by atoms with Gasteiger partial charge in [-0.1, -0.05) is 15.9 Å². The highest BCUT2D eigenvalue weighted by molar-refractivity contribution is 9.10. The summed E-state index contributed by atoms with van der Waals surface area (Å²) in [6, 6.07) is 5.49. The minimum atomic E-state index is -0.0936. The second kappa shape index (κ2) is 6.43. The van der Waals surface area contributed by atoms with Crippen LogP contribution in [0.2, 0.25) is 0 Å². The van der Waals surface area contributed by atoms with Crippen LogP contribution in [0.25, 0.3) is 10.9 Å². The molecule has 1 aromatic carbocycles. The molecule has 142 valence electrons. The van der Waals surface area contributed by atoms with Gasteiger partial charge in [0.2, 0.25) is 5.91 Å². The molecule has 0 atom stereocenters. The van der Waals surface area contributed by atoms with Crippen LogP contribution in [0, 0.1) is 17.8 Å². The van der Waals surface area contributed by atoms with E-state index in [0.29, 0.717) is 23.9 Å². The van der Waals surface area contributed by atoms with E-state index in [1.54, 1.807) is 17.0 Å². The summed E-state index contributed by atoms with van der Waals surface area (Å²) in [7, 11) is 0.